The van der Waals surface area contributed by atoms with Gasteiger partial charge >= 0.3 is 0 Å². The van der Waals surface area contributed by atoms with Crippen LogP contribution in [0.15, 0.2) is 0 Å². The van der Waals surface area contributed by atoms with E-state index in [1.807, 2.05) is 7.05 Å². The highest BCUT2D eigenvalue weighted by atomic mass is 32.1. The predicted octanol–water partition coefficient (Wildman–Crippen LogP) is 2.03. The summed E-state index contributed by atoms with van der Waals surface area (Å²) in [6, 6.07) is 0.252. The van der Waals surface area contributed by atoms with Crippen molar-refractivity contribution in [2.24, 2.45) is 0 Å². The molecule has 0 spiro atoms. The van der Waals surface area contributed by atoms with Gasteiger partial charge in [0, 0.05) is 20.1 Å². The molecule has 96 valence electrons. The van der Waals surface area contributed by atoms with Gasteiger partial charge in [-0.1, -0.05) is 25.2 Å². The summed E-state index contributed by atoms with van der Waals surface area (Å²) in [7, 11) is 3.58. The molecule has 1 heterocycles. The molecule has 1 aromatic heterocycles. The van der Waals surface area contributed by atoms with Crippen molar-refractivity contribution in [1.29, 1.82) is 0 Å². The first kappa shape index (κ1) is 13.8. The van der Waals surface area contributed by atoms with E-state index in [9.17, 15) is 4.79 Å². The second-order valence-corrected chi connectivity index (χ2v) is 4.87. The summed E-state index contributed by atoms with van der Waals surface area (Å²) in [4.78, 5) is 18.6. The molecule has 0 aliphatic heterocycles. The van der Waals surface area contributed by atoms with E-state index in [0.717, 1.165) is 12.8 Å². The van der Waals surface area contributed by atoms with Crippen LogP contribution in [0.25, 0.3) is 0 Å². The molecule has 0 saturated heterocycles. The minimum absolute atomic E-state index is 0.0461. The lowest BCUT2D eigenvalue weighted by molar-refractivity contribution is 0.0729. The molecule has 6 heteroatoms. The Morgan fingerprint density at radius 2 is 2.12 bits per heavy atom. The Bertz CT molecular complexity index is 387. The number of aromatic nitrogens is 1. The number of hydrogen-bond acceptors (Lipinski definition) is 5. The second-order valence-electron chi connectivity index (χ2n) is 3.87. The van der Waals surface area contributed by atoms with Crippen LogP contribution in [-0.2, 0) is 0 Å². The number of nitrogens with one attached hydrogen (secondary N) is 1. The molecule has 17 heavy (non-hydrogen) atoms. The number of thiazole rings is 1. The highest BCUT2D eigenvalue weighted by molar-refractivity contribution is 7.18. The highest BCUT2D eigenvalue weighted by Gasteiger charge is 2.23. The van der Waals surface area contributed by atoms with Crippen LogP contribution < -0.4 is 11.1 Å². The van der Waals surface area contributed by atoms with Crippen molar-refractivity contribution >= 4 is 28.2 Å². The fraction of sp³-hybridized carbons (Fsp3) is 0.636. The number of nitrogen functional groups attached to an aromatic ring is 1. The van der Waals surface area contributed by atoms with Crippen molar-refractivity contribution in [3.05, 3.63) is 4.88 Å². The fourth-order valence-corrected chi connectivity index (χ4v) is 2.58. The van der Waals surface area contributed by atoms with Crippen molar-refractivity contribution in [3.8, 4) is 0 Å². The SMILES string of the molecule is CCC(CC)N(C)C(=O)c1sc(NC)nc1N. The fourth-order valence-electron chi connectivity index (χ4n) is 1.75. The summed E-state index contributed by atoms with van der Waals surface area (Å²) >= 11 is 1.30. The Kier molecular flexibility index (Phi) is 4.74. The second kappa shape index (κ2) is 5.86. The van der Waals surface area contributed by atoms with Gasteiger partial charge in [0.1, 0.15) is 10.7 Å². The lowest BCUT2D eigenvalue weighted by Gasteiger charge is -2.25. The molecule has 0 unspecified atom stereocenters. The van der Waals surface area contributed by atoms with Crippen molar-refractivity contribution in [3.63, 3.8) is 0 Å². The quantitative estimate of drug-likeness (QED) is 0.845. The molecule has 0 aliphatic rings. The molecule has 1 amide bonds. The molecule has 0 fully saturated rings. The molecule has 0 aliphatic carbocycles. The highest BCUT2D eigenvalue weighted by Crippen LogP contribution is 2.26. The van der Waals surface area contributed by atoms with Gasteiger partial charge in [-0.3, -0.25) is 4.79 Å². The predicted molar refractivity (Wildman–Crippen MR) is 72.5 cm³/mol. The number of nitrogens with zero attached hydrogens (tertiary/aromatic N) is 2. The average Bonchev–Trinajstić information content (AvgIpc) is 2.71. The molecule has 0 bridgehead atoms. The lowest BCUT2D eigenvalue weighted by atomic mass is 10.1. The summed E-state index contributed by atoms with van der Waals surface area (Å²) in [6.07, 6.45) is 1.88. The molecule has 1 aromatic rings. The number of nitrogens with two attached hydrogens (primary N) is 1. The Morgan fingerprint density at radius 3 is 2.53 bits per heavy atom. The first-order chi connectivity index (χ1) is 8.04. The van der Waals surface area contributed by atoms with E-state index in [1.165, 1.54) is 11.3 Å². The number of anilines is 2. The van der Waals surface area contributed by atoms with E-state index in [4.69, 9.17) is 5.73 Å². The third kappa shape index (κ3) is 2.88. The van der Waals surface area contributed by atoms with Gasteiger partial charge in [-0.05, 0) is 12.8 Å². The van der Waals surface area contributed by atoms with Crippen LogP contribution in [0, 0.1) is 0 Å². The van der Waals surface area contributed by atoms with Crippen molar-refractivity contribution in [1.82, 2.24) is 9.88 Å². The largest absolute Gasteiger partial charge is 0.382 e. The number of rotatable bonds is 5. The minimum Gasteiger partial charge on any atom is -0.382 e. The molecule has 5 nitrogen and oxygen atoms in total. The van der Waals surface area contributed by atoms with Gasteiger partial charge in [0.25, 0.3) is 5.91 Å². The summed E-state index contributed by atoms with van der Waals surface area (Å²) in [6.45, 7) is 4.15. The van der Waals surface area contributed by atoms with Gasteiger partial charge in [0.05, 0.1) is 0 Å². The van der Waals surface area contributed by atoms with Gasteiger partial charge in [-0.2, -0.15) is 0 Å². The maximum Gasteiger partial charge on any atom is 0.267 e. The standard InChI is InChI=1S/C11H20N4OS/c1-5-7(6-2)15(4)10(16)8-9(12)14-11(13-3)17-8/h7H,5-6,12H2,1-4H3,(H,13,14). The van der Waals surface area contributed by atoms with Crippen molar-refractivity contribution in [2.45, 2.75) is 32.7 Å². The van der Waals surface area contributed by atoms with Gasteiger partial charge in [-0.25, -0.2) is 4.98 Å². The summed E-state index contributed by atoms with van der Waals surface area (Å²) in [5.74, 6) is 0.261. The maximum absolute atomic E-state index is 12.2. The lowest BCUT2D eigenvalue weighted by Crippen LogP contribution is -2.36. The van der Waals surface area contributed by atoms with Crippen molar-refractivity contribution in [2.75, 3.05) is 25.1 Å². The van der Waals surface area contributed by atoms with Crippen LogP contribution >= 0.6 is 11.3 Å². The smallest absolute Gasteiger partial charge is 0.267 e. The summed E-state index contributed by atoms with van der Waals surface area (Å²) in [5, 5.41) is 3.57. The molecular weight excluding hydrogens is 236 g/mol. The zero-order chi connectivity index (χ0) is 13.0. The topological polar surface area (TPSA) is 71.2 Å². The number of carbonyl (C=O) groups excluding carboxylic acids is 1. The third-order valence-electron chi connectivity index (χ3n) is 2.87. The van der Waals surface area contributed by atoms with E-state index in [0.29, 0.717) is 15.8 Å². The zero-order valence-corrected chi connectivity index (χ0v) is 11.6. The van der Waals surface area contributed by atoms with Crippen LogP contribution in [0.3, 0.4) is 0 Å². The summed E-state index contributed by atoms with van der Waals surface area (Å²) in [5.41, 5.74) is 5.75. The Balaban J connectivity index is 2.91. The van der Waals surface area contributed by atoms with Crippen LogP contribution in [0.4, 0.5) is 10.9 Å². The molecule has 3 N–H and O–H groups in total. The minimum atomic E-state index is -0.0461. The van der Waals surface area contributed by atoms with Crippen LogP contribution in [0.2, 0.25) is 0 Å². The Hall–Kier alpha value is -1.30. The normalized spacial score (nSPS) is 10.6. The van der Waals surface area contributed by atoms with E-state index >= 15 is 0 Å². The molecule has 0 radical (unpaired) electrons. The molecule has 1 rings (SSSR count). The Labute approximate surface area is 106 Å². The molecule has 0 saturated carbocycles. The maximum atomic E-state index is 12.2. The zero-order valence-electron chi connectivity index (χ0n) is 10.8. The Morgan fingerprint density at radius 1 is 1.53 bits per heavy atom. The van der Waals surface area contributed by atoms with E-state index < -0.39 is 0 Å². The number of hydrogen-bond donors (Lipinski definition) is 2. The van der Waals surface area contributed by atoms with Gasteiger partial charge in [0.2, 0.25) is 0 Å². The summed E-state index contributed by atoms with van der Waals surface area (Å²) < 4.78 is 0. The monoisotopic (exact) mass is 256 g/mol. The van der Waals surface area contributed by atoms with Gasteiger partial charge in [0.15, 0.2) is 5.13 Å². The number of amides is 1. The molecule has 0 atom stereocenters. The first-order valence-corrected chi connectivity index (χ1v) is 6.57. The van der Waals surface area contributed by atoms with Crippen molar-refractivity contribution < 1.29 is 4.79 Å². The van der Waals surface area contributed by atoms with Gasteiger partial charge < -0.3 is 16.0 Å². The first-order valence-electron chi connectivity index (χ1n) is 5.76. The van der Waals surface area contributed by atoms with E-state index in [2.05, 4.69) is 24.1 Å². The molecule has 0 aromatic carbocycles. The average molecular weight is 256 g/mol. The van der Waals surface area contributed by atoms with E-state index in [1.54, 1.807) is 11.9 Å². The van der Waals surface area contributed by atoms with Gasteiger partial charge in [-0.15, -0.1) is 0 Å². The third-order valence-corrected chi connectivity index (χ3v) is 3.95. The van der Waals surface area contributed by atoms with Crippen LogP contribution in [0.5, 0.6) is 0 Å². The van der Waals surface area contributed by atoms with E-state index in [-0.39, 0.29) is 11.9 Å². The van der Waals surface area contributed by atoms with Crippen LogP contribution in [-0.4, -0.2) is 35.9 Å². The molecular formula is C11H20N4OS. The van der Waals surface area contributed by atoms with Crippen LogP contribution in [0.1, 0.15) is 36.4 Å². The number of carbonyl (C=O) groups is 1.